The number of hydrogen-bond acceptors (Lipinski definition) is 5. The highest BCUT2D eigenvalue weighted by Crippen LogP contribution is 2.44. The molecule has 0 aliphatic heterocycles. The van der Waals surface area contributed by atoms with Crippen LogP contribution < -0.4 is 0 Å². The van der Waals surface area contributed by atoms with Gasteiger partial charge in [0.05, 0.1) is 23.7 Å². The number of aromatic nitrogens is 2. The molecule has 1 fully saturated rings. The molecule has 3 atom stereocenters. The summed E-state index contributed by atoms with van der Waals surface area (Å²) in [4.78, 5) is 15.8. The molecule has 1 aliphatic rings. The fourth-order valence-corrected chi connectivity index (χ4v) is 3.13. The number of rotatable bonds is 4. The first kappa shape index (κ1) is 13.9. The van der Waals surface area contributed by atoms with Gasteiger partial charge in [0.15, 0.2) is 0 Å². The van der Waals surface area contributed by atoms with Crippen molar-refractivity contribution in [3.05, 3.63) is 24.0 Å². The smallest absolute Gasteiger partial charge is 0.307 e. The Hall–Kier alpha value is -2.11. The molecule has 2 heterocycles. The van der Waals surface area contributed by atoms with Crippen molar-refractivity contribution in [3.8, 4) is 11.4 Å². The fourth-order valence-electron chi connectivity index (χ4n) is 3.13. The number of aliphatic carboxylic acids is 1. The van der Waals surface area contributed by atoms with Crippen LogP contribution in [0.25, 0.3) is 11.4 Å². The maximum absolute atomic E-state index is 11.4. The molecular formula is C15H18N2O4. The van der Waals surface area contributed by atoms with Gasteiger partial charge in [-0.15, -0.1) is 0 Å². The van der Waals surface area contributed by atoms with Crippen molar-refractivity contribution in [1.82, 2.24) is 10.1 Å². The topological polar surface area (TPSA) is 89.4 Å². The molecule has 0 amide bonds. The zero-order valence-electron chi connectivity index (χ0n) is 12.1. The lowest BCUT2D eigenvalue weighted by Crippen LogP contribution is -2.17. The van der Waals surface area contributed by atoms with Crippen LogP contribution in [0.2, 0.25) is 0 Å². The number of nitrogens with zero attached hydrogens (tertiary/aromatic N) is 2. The highest BCUT2D eigenvalue weighted by atomic mass is 16.5. The Morgan fingerprint density at radius 2 is 2.29 bits per heavy atom. The van der Waals surface area contributed by atoms with E-state index in [0.717, 1.165) is 24.2 Å². The Kier molecular flexibility index (Phi) is 3.53. The number of carboxylic acids is 1. The third-order valence-electron chi connectivity index (χ3n) is 4.41. The number of furan rings is 1. The molecule has 1 aliphatic carbocycles. The standard InChI is InChI=1S/C15H18N2O4/c1-3-9-6-11(12(7-9)15(18)19)14-16-13(17-21-14)10-4-5-20-8(10)2/h4-5,9,11-12H,3,6-7H2,1-2H3,(H,18,19). The van der Waals surface area contributed by atoms with Crippen LogP contribution in [0.1, 0.15) is 43.8 Å². The molecule has 0 radical (unpaired) electrons. The Morgan fingerprint density at radius 3 is 2.90 bits per heavy atom. The molecule has 3 unspecified atom stereocenters. The zero-order chi connectivity index (χ0) is 15.0. The lowest BCUT2D eigenvalue weighted by Gasteiger charge is -2.09. The molecule has 21 heavy (non-hydrogen) atoms. The van der Waals surface area contributed by atoms with Crippen molar-refractivity contribution < 1.29 is 18.8 Å². The van der Waals surface area contributed by atoms with Gasteiger partial charge in [0.25, 0.3) is 0 Å². The summed E-state index contributed by atoms with van der Waals surface area (Å²) >= 11 is 0. The van der Waals surface area contributed by atoms with Crippen LogP contribution in [0.3, 0.4) is 0 Å². The molecule has 1 saturated carbocycles. The number of hydrogen-bond donors (Lipinski definition) is 1. The van der Waals surface area contributed by atoms with Gasteiger partial charge in [-0.25, -0.2) is 0 Å². The van der Waals surface area contributed by atoms with Crippen LogP contribution in [0.15, 0.2) is 21.3 Å². The summed E-state index contributed by atoms with van der Waals surface area (Å²) < 4.78 is 10.6. The Balaban J connectivity index is 1.88. The molecule has 0 bridgehead atoms. The van der Waals surface area contributed by atoms with E-state index in [1.807, 2.05) is 6.92 Å². The summed E-state index contributed by atoms with van der Waals surface area (Å²) in [5, 5.41) is 13.4. The lowest BCUT2D eigenvalue weighted by atomic mass is 9.96. The number of carbonyl (C=O) groups is 1. The normalized spacial score (nSPS) is 25.3. The first-order valence-electron chi connectivity index (χ1n) is 7.21. The quantitative estimate of drug-likeness (QED) is 0.929. The first-order valence-corrected chi connectivity index (χ1v) is 7.21. The van der Waals surface area contributed by atoms with Crippen LogP contribution >= 0.6 is 0 Å². The minimum atomic E-state index is -0.782. The molecule has 0 aromatic carbocycles. The number of carboxylic acid groups (broad SMARTS) is 1. The van der Waals surface area contributed by atoms with E-state index in [9.17, 15) is 9.90 Å². The molecule has 0 spiro atoms. The van der Waals surface area contributed by atoms with Gasteiger partial charge in [-0.3, -0.25) is 4.79 Å². The van der Waals surface area contributed by atoms with Gasteiger partial charge in [-0.1, -0.05) is 18.5 Å². The van der Waals surface area contributed by atoms with Gasteiger partial charge < -0.3 is 14.0 Å². The lowest BCUT2D eigenvalue weighted by molar-refractivity contribution is -0.142. The highest BCUT2D eigenvalue weighted by molar-refractivity contribution is 5.71. The van der Waals surface area contributed by atoms with E-state index in [4.69, 9.17) is 8.94 Å². The van der Waals surface area contributed by atoms with Crippen LogP contribution in [0.4, 0.5) is 0 Å². The van der Waals surface area contributed by atoms with E-state index < -0.39 is 11.9 Å². The molecule has 112 valence electrons. The van der Waals surface area contributed by atoms with Crippen molar-refractivity contribution in [1.29, 1.82) is 0 Å². The molecule has 2 aromatic heterocycles. The van der Waals surface area contributed by atoms with Crippen molar-refractivity contribution in [3.63, 3.8) is 0 Å². The largest absolute Gasteiger partial charge is 0.481 e. The van der Waals surface area contributed by atoms with Crippen LogP contribution in [0, 0.1) is 18.8 Å². The van der Waals surface area contributed by atoms with E-state index in [1.165, 1.54) is 0 Å². The van der Waals surface area contributed by atoms with Crippen molar-refractivity contribution in [2.75, 3.05) is 0 Å². The summed E-state index contributed by atoms with van der Waals surface area (Å²) in [5.41, 5.74) is 0.780. The molecule has 3 rings (SSSR count). The first-order chi connectivity index (χ1) is 10.1. The van der Waals surface area contributed by atoms with Gasteiger partial charge in [0, 0.05) is 0 Å². The summed E-state index contributed by atoms with van der Waals surface area (Å²) in [6.45, 7) is 3.91. The van der Waals surface area contributed by atoms with Crippen LogP contribution in [-0.2, 0) is 4.79 Å². The average Bonchev–Trinajstić information content (AvgIpc) is 3.15. The van der Waals surface area contributed by atoms with Crippen molar-refractivity contribution >= 4 is 5.97 Å². The van der Waals surface area contributed by atoms with E-state index >= 15 is 0 Å². The second kappa shape index (κ2) is 5.35. The van der Waals surface area contributed by atoms with E-state index in [1.54, 1.807) is 12.3 Å². The van der Waals surface area contributed by atoms with E-state index in [-0.39, 0.29) is 5.92 Å². The van der Waals surface area contributed by atoms with Gasteiger partial charge in [0.2, 0.25) is 11.7 Å². The minimum Gasteiger partial charge on any atom is -0.481 e. The molecule has 1 N–H and O–H groups in total. The maximum Gasteiger partial charge on any atom is 0.307 e. The van der Waals surface area contributed by atoms with Gasteiger partial charge in [-0.2, -0.15) is 4.98 Å². The van der Waals surface area contributed by atoms with Gasteiger partial charge >= 0.3 is 5.97 Å². The predicted octanol–water partition coefficient (Wildman–Crippen LogP) is 3.24. The van der Waals surface area contributed by atoms with Gasteiger partial charge in [0.1, 0.15) is 5.76 Å². The predicted molar refractivity (Wildman–Crippen MR) is 73.6 cm³/mol. The number of aryl methyl sites for hydroxylation is 1. The van der Waals surface area contributed by atoms with Gasteiger partial charge in [-0.05, 0) is 31.7 Å². The van der Waals surface area contributed by atoms with Crippen molar-refractivity contribution in [2.45, 2.75) is 39.0 Å². The zero-order valence-corrected chi connectivity index (χ0v) is 12.1. The second-order valence-electron chi connectivity index (χ2n) is 5.64. The second-order valence-corrected chi connectivity index (χ2v) is 5.64. The molecule has 6 nitrogen and oxygen atoms in total. The third-order valence-corrected chi connectivity index (χ3v) is 4.41. The average molecular weight is 290 g/mol. The highest BCUT2D eigenvalue weighted by Gasteiger charge is 2.42. The minimum absolute atomic E-state index is 0.194. The monoisotopic (exact) mass is 290 g/mol. The molecule has 2 aromatic rings. The van der Waals surface area contributed by atoms with Crippen molar-refractivity contribution in [2.24, 2.45) is 11.8 Å². The van der Waals surface area contributed by atoms with E-state index in [0.29, 0.717) is 24.1 Å². The summed E-state index contributed by atoms with van der Waals surface area (Å²) in [6, 6.07) is 1.78. The van der Waals surface area contributed by atoms with E-state index in [2.05, 4.69) is 17.1 Å². The Morgan fingerprint density at radius 1 is 1.48 bits per heavy atom. The summed E-state index contributed by atoms with van der Waals surface area (Å²) in [5.74, 6) is 0.594. The third kappa shape index (κ3) is 2.46. The Bertz CT molecular complexity index is 646. The fraction of sp³-hybridized carbons (Fsp3) is 0.533. The Labute approximate surface area is 122 Å². The van der Waals surface area contributed by atoms with Crippen LogP contribution in [0.5, 0.6) is 0 Å². The van der Waals surface area contributed by atoms with Crippen LogP contribution in [-0.4, -0.2) is 21.2 Å². The SMILES string of the molecule is CCC1CC(C(=O)O)C(c2nc(-c3ccoc3C)no2)C1. The molecule has 6 heteroatoms. The molecular weight excluding hydrogens is 272 g/mol. The summed E-state index contributed by atoms with van der Waals surface area (Å²) in [6.07, 6.45) is 4.02. The maximum atomic E-state index is 11.4. The molecule has 0 saturated heterocycles. The summed E-state index contributed by atoms with van der Waals surface area (Å²) in [7, 11) is 0.